The number of hydrogen-bond donors (Lipinski definition) is 1. The minimum atomic E-state index is -3.66. The van der Waals surface area contributed by atoms with Crippen LogP contribution in [0.1, 0.15) is 10.4 Å². The molecule has 0 saturated heterocycles. The zero-order valence-electron chi connectivity index (χ0n) is 12.8. The van der Waals surface area contributed by atoms with Crippen molar-refractivity contribution in [1.29, 1.82) is 0 Å². The maximum atomic E-state index is 12.5. The molecule has 2 rings (SSSR count). The fourth-order valence-electron chi connectivity index (χ4n) is 2.07. The minimum Gasteiger partial charge on any atom is -0.496 e. The van der Waals surface area contributed by atoms with Gasteiger partial charge in [0.05, 0.1) is 14.2 Å². The van der Waals surface area contributed by atoms with Crippen LogP contribution in [-0.4, -0.2) is 29.2 Å². The second-order valence-electron chi connectivity index (χ2n) is 4.70. The quantitative estimate of drug-likeness (QED) is 0.841. The summed E-state index contributed by atoms with van der Waals surface area (Å²) < 4.78 is 37.9. The van der Waals surface area contributed by atoms with Gasteiger partial charge in [0.15, 0.2) is 0 Å². The molecular weight excluding hydrogens is 322 g/mol. The molecule has 0 amide bonds. The SMILES string of the molecule is COc1cc(S(=O)(=O)NCCc2cccs2)c(OC)cc1C. The van der Waals surface area contributed by atoms with Gasteiger partial charge in [-0.05, 0) is 36.4 Å². The minimum absolute atomic E-state index is 0.0867. The van der Waals surface area contributed by atoms with E-state index in [0.717, 1.165) is 10.4 Å². The van der Waals surface area contributed by atoms with E-state index in [2.05, 4.69) is 4.72 Å². The number of nitrogens with one attached hydrogen (secondary N) is 1. The summed E-state index contributed by atoms with van der Waals surface area (Å²) in [7, 11) is -0.696. The van der Waals surface area contributed by atoms with E-state index in [1.165, 1.54) is 20.3 Å². The average molecular weight is 341 g/mol. The standard InChI is InChI=1S/C15H19NO4S2/c1-11-9-14(20-3)15(10-13(11)19-2)22(17,18)16-7-6-12-5-4-8-21-12/h4-5,8-10,16H,6-7H2,1-3H3. The number of rotatable bonds is 7. The normalized spacial score (nSPS) is 11.4. The van der Waals surface area contributed by atoms with Crippen LogP contribution in [0.2, 0.25) is 0 Å². The molecule has 1 aromatic carbocycles. The molecule has 0 radical (unpaired) electrons. The monoisotopic (exact) mass is 341 g/mol. The first-order valence-corrected chi connectivity index (χ1v) is 9.09. The van der Waals surface area contributed by atoms with Crippen LogP contribution in [0.3, 0.4) is 0 Å². The van der Waals surface area contributed by atoms with Gasteiger partial charge in [0.25, 0.3) is 0 Å². The van der Waals surface area contributed by atoms with Crippen LogP contribution in [0.4, 0.5) is 0 Å². The second-order valence-corrected chi connectivity index (χ2v) is 7.47. The molecule has 7 heteroatoms. The van der Waals surface area contributed by atoms with Crippen molar-refractivity contribution in [2.45, 2.75) is 18.2 Å². The molecule has 0 unspecified atom stereocenters. The van der Waals surface area contributed by atoms with Crippen molar-refractivity contribution in [3.05, 3.63) is 40.1 Å². The molecule has 0 bridgehead atoms. The molecule has 0 fully saturated rings. The number of aryl methyl sites for hydroxylation is 1. The van der Waals surface area contributed by atoms with Gasteiger partial charge in [-0.1, -0.05) is 6.07 Å². The molecule has 0 saturated carbocycles. The Labute approximate surface area is 134 Å². The van der Waals surface area contributed by atoms with E-state index in [1.54, 1.807) is 17.4 Å². The highest BCUT2D eigenvalue weighted by Crippen LogP contribution is 2.31. The number of sulfonamides is 1. The van der Waals surface area contributed by atoms with Gasteiger partial charge >= 0.3 is 0 Å². The van der Waals surface area contributed by atoms with E-state index in [0.29, 0.717) is 24.5 Å². The summed E-state index contributed by atoms with van der Waals surface area (Å²) in [5, 5.41) is 1.97. The predicted octanol–water partition coefficient (Wildman–Crippen LogP) is 2.59. The lowest BCUT2D eigenvalue weighted by Crippen LogP contribution is -2.26. The first kappa shape index (κ1) is 16.8. The average Bonchev–Trinajstić information content (AvgIpc) is 2.99. The van der Waals surface area contributed by atoms with Crippen LogP contribution in [0.25, 0.3) is 0 Å². The highest BCUT2D eigenvalue weighted by atomic mass is 32.2. The number of hydrogen-bond acceptors (Lipinski definition) is 5. The largest absolute Gasteiger partial charge is 0.496 e. The second kappa shape index (κ2) is 7.13. The molecule has 1 aromatic heterocycles. The van der Waals surface area contributed by atoms with Crippen molar-refractivity contribution >= 4 is 21.4 Å². The van der Waals surface area contributed by atoms with Crippen LogP contribution in [0.5, 0.6) is 11.5 Å². The van der Waals surface area contributed by atoms with Crippen molar-refractivity contribution in [2.75, 3.05) is 20.8 Å². The summed E-state index contributed by atoms with van der Waals surface area (Å²) in [4.78, 5) is 1.22. The number of thiophene rings is 1. The van der Waals surface area contributed by atoms with Gasteiger partial charge in [-0.2, -0.15) is 0 Å². The third kappa shape index (κ3) is 3.79. The van der Waals surface area contributed by atoms with E-state index in [1.807, 2.05) is 24.4 Å². The van der Waals surface area contributed by atoms with Crippen molar-refractivity contribution in [1.82, 2.24) is 4.72 Å². The van der Waals surface area contributed by atoms with Crippen LogP contribution in [0, 0.1) is 6.92 Å². The zero-order valence-corrected chi connectivity index (χ0v) is 14.4. The Bertz CT molecular complexity index is 724. The van der Waals surface area contributed by atoms with Crippen LogP contribution < -0.4 is 14.2 Å². The molecule has 22 heavy (non-hydrogen) atoms. The molecule has 1 N–H and O–H groups in total. The van der Waals surface area contributed by atoms with Gasteiger partial charge < -0.3 is 9.47 Å². The van der Waals surface area contributed by atoms with Gasteiger partial charge in [-0.15, -0.1) is 11.3 Å². The van der Waals surface area contributed by atoms with E-state index < -0.39 is 10.0 Å². The predicted molar refractivity (Wildman–Crippen MR) is 87.5 cm³/mol. The molecule has 0 spiro atoms. The van der Waals surface area contributed by atoms with Gasteiger partial charge in [-0.25, -0.2) is 13.1 Å². The molecule has 0 atom stereocenters. The molecule has 0 aliphatic carbocycles. The maximum Gasteiger partial charge on any atom is 0.244 e. The third-order valence-corrected chi connectivity index (χ3v) is 5.63. The zero-order chi connectivity index (χ0) is 16.2. The maximum absolute atomic E-state index is 12.5. The third-order valence-electron chi connectivity index (χ3n) is 3.21. The summed E-state index contributed by atoms with van der Waals surface area (Å²) in [6.45, 7) is 2.17. The van der Waals surface area contributed by atoms with Gasteiger partial charge in [0.1, 0.15) is 16.4 Å². The van der Waals surface area contributed by atoms with Crippen molar-refractivity contribution < 1.29 is 17.9 Å². The summed E-state index contributed by atoms with van der Waals surface area (Å²) in [5.41, 5.74) is 0.817. The Morgan fingerprint density at radius 1 is 1.18 bits per heavy atom. The molecule has 2 aromatic rings. The molecule has 0 aliphatic rings. The Morgan fingerprint density at radius 3 is 2.50 bits per heavy atom. The smallest absolute Gasteiger partial charge is 0.244 e. The van der Waals surface area contributed by atoms with E-state index in [-0.39, 0.29) is 4.90 Å². The van der Waals surface area contributed by atoms with Crippen molar-refractivity contribution in [3.8, 4) is 11.5 Å². The fourth-order valence-corrected chi connectivity index (χ4v) is 3.98. The topological polar surface area (TPSA) is 64.6 Å². The summed E-state index contributed by atoms with van der Waals surface area (Å²) >= 11 is 1.61. The summed E-state index contributed by atoms with van der Waals surface area (Å²) in [5.74, 6) is 0.821. The van der Waals surface area contributed by atoms with E-state index in [4.69, 9.17) is 9.47 Å². The first-order chi connectivity index (χ1) is 10.5. The highest BCUT2D eigenvalue weighted by Gasteiger charge is 2.21. The lowest BCUT2D eigenvalue weighted by molar-refractivity contribution is 0.390. The van der Waals surface area contributed by atoms with E-state index >= 15 is 0 Å². The Balaban J connectivity index is 2.20. The van der Waals surface area contributed by atoms with Crippen molar-refractivity contribution in [2.24, 2.45) is 0 Å². The molecule has 5 nitrogen and oxygen atoms in total. The van der Waals surface area contributed by atoms with Crippen LogP contribution in [0.15, 0.2) is 34.5 Å². The molecule has 1 heterocycles. The number of benzene rings is 1. The van der Waals surface area contributed by atoms with Crippen molar-refractivity contribution in [3.63, 3.8) is 0 Å². The van der Waals surface area contributed by atoms with Gasteiger partial charge in [0, 0.05) is 17.5 Å². The number of ether oxygens (including phenoxy) is 2. The van der Waals surface area contributed by atoms with Crippen LogP contribution >= 0.6 is 11.3 Å². The van der Waals surface area contributed by atoms with Gasteiger partial charge in [-0.3, -0.25) is 0 Å². The number of methoxy groups -OCH3 is 2. The Morgan fingerprint density at radius 2 is 1.91 bits per heavy atom. The van der Waals surface area contributed by atoms with Crippen LogP contribution in [-0.2, 0) is 16.4 Å². The van der Waals surface area contributed by atoms with Gasteiger partial charge in [0.2, 0.25) is 10.0 Å². The van der Waals surface area contributed by atoms with E-state index in [9.17, 15) is 8.42 Å². The Kier molecular flexibility index (Phi) is 5.44. The summed E-state index contributed by atoms with van der Waals surface area (Å²) in [6, 6.07) is 7.07. The molecular formula is C15H19NO4S2. The summed E-state index contributed by atoms with van der Waals surface area (Å²) in [6.07, 6.45) is 0.655. The Hall–Kier alpha value is -1.57. The lowest BCUT2D eigenvalue weighted by Gasteiger charge is -2.14. The lowest BCUT2D eigenvalue weighted by atomic mass is 10.2. The first-order valence-electron chi connectivity index (χ1n) is 6.72. The molecule has 120 valence electrons. The fraction of sp³-hybridized carbons (Fsp3) is 0.333. The molecule has 0 aliphatic heterocycles. The highest BCUT2D eigenvalue weighted by molar-refractivity contribution is 7.89.